The molecule has 0 radical (unpaired) electrons. The van der Waals surface area contributed by atoms with Gasteiger partial charge in [-0.15, -0.1) is 0 Å². The highest BCUT2D eigenvalue weighted by molar-refractivity contribution is 6.35. The van der Waals surface area contributed by atoms with Crippen molar-refractivity contribution < 1.29 is 13.6 Å². The van der Waals surface area contributed by atoms with Crippen molar-refractivity contribution in [3.05, 3.63) is 35.4 Å². The molecule has 0 amide bonds. The highest BCUT2D eigenvalue weighted by Gasteiger charge is 2.09. The summed E-state index contributed by atoms with van der Waals surface area (Å²) in [5.41, 5.74) is 2.15. The molecule has 0 atom stereocenters. The first kappa shape index (κ1) is 10.3. The van der Waals surface area contributed by atoms with Crippen LogP contribution in [0.2, 0.25) is 0 Å². The van der Waals surface area contributed by atoms with E-state index in [0.717, 1.165) is 18.3 Å². The average Bonchev–Trinajstić information content (AvgIpc) is 2.14. The van der Waals surface area contributed by atoms with Crippen LogP contribution in [0.15, 0.2) is 23.3 Å². The molecule has 0 spiro atoms. The third-order valence-corrected chi connectivity index (χ3v) is 1.51. The number of nitrogens with one attached hydrogen (secondary N) is 1. The maximum atomic E-state index is 13.0. The number of Topliss-reactive ketones (excluding diaryl/α,β-unsaturated/α-hetero) is 1. The van der Waals surface area contributed by atoms with Gasteiger partial charge in [0.25, 0.3) is 0 Å². The fraction of sp³-hybridized carbons (Fsp3) is 0.111. The van der Waals surface area contributed by atoms with Crippen LogP contribution in [0.3, 0.4) is 0 Å². The van der Waals surface area contributed by atoms with E-state index in [9.17, 15) is 13.6 Å². The van der Waals surface area contributed by atoms with E-state index in [1.807, 2.05) is 0 Å². The first-order valence-corrected chi connectivity index (χ1v) is 3.84. The van der Waals surface area contributed by atoms with Crippen molar-refractivity contribution in [3.63, 3.8) is 0 Å². The standard InChI is InChI=1S/C9H8F2N2O/c1-12-13-5-9(14)7-3-2-6(10)4-8(7)11/h2-5,12H,1H3/b13-5+. The van der Waals surface area contributed by atoms with E-state index < -0.39 is 17.4 Å². The van der Waals surface area contributed by atoms with E-state index >= 15 is 0 Å². The summed E-state index contributed by atoms with van der Waals surface area (Å²) in [7, 11) is 1.50. The zero-order chi connectivity index (χ0) is 10.6. The lowest BCUT2D eigenvalue weighted by atomic mass is 10.1. The van der Waals surface area contributed by atoms with Crippen LogP contribution < -0.4 is 5.43 Å². The smallest absolute Gasteiger partial charge is 0.208 e. The largest absolute Gasteiger partial charge is 0.313 e. The zero-order valence-corrected chi connectivity index (χ0v) is 7.42. The Morgan fingerprint density at radius 2 is 2.21 bits per heavy atom. The summed E-state index contributed by atoms with van der Waals surface area (Å²) in [6, 6.07) is 2.75. The number of rotatable bonds is 3. The molecule has 0 aliphatic heterocycles. The second kappa shape index (κ2) is 4.45. The van der Waals surface area contributed by atoms with E-state index in [0.29, 0.717) is 6.07 Å². The molecule has 74 valence electrons. The van der Waals surface area contributed by atoms with Crippen LogP contribution in [0.1, 0.15) is 10.4 Å². The minimum Gasteiger partial charge on any atom is -0.313 e. The number of carbonyl (C=O) groups is 1. The van der Waals surface area contributed by atoms with Gasteiger partial charge >= 0.3 is 0 Å². The Labute approximate surface area is 79.4 Å². The Morgan fingerprint density at radius 1 is 1.50 bits per heavy atom. The van der Waals surface area contributed by atoms with Crippen LogP contribution in [0.5, 0.6) is 0 Å². The van der Waals surface area contributed by atoms with Crippen molar-refractivity contribution in [1.29, 1.82) is 0 Å². The molecule has 5 heteroatoms. The monoisotopic (exact) mass is 198 g/mol. The van der Waals surface area contributed by atoms with Crippen LogP contribution in [0, 0.1) is 11.6 Å². The van der Waals surface area contributed by atoms with E-state index in [-0.39, 0.29) is 5.56 Å². The van der Waals surface area contributed by atoms with E-state index in [1.54, 1.807) is 0 Å². The minimum atomic E-state index is -0.891. The lowest BCUT2D eigenvalue weighted by Gasteiger charge is -1.97. The van der Waals surface area contributed by atoms with Gasteiger partial charge in [-0.25, -0.2) is 8.78 Å². The number of ketones is 1. The molecule has 1 aromatic rings. The van der Waals surface area contributed by atoms with Gasteiger partial charge in [-0.05, 0) is 12.1 Å². The van der Waals surface area contributed by atoms with Gasteiger partial charge in [0.2, 0.25) is 5.78 Å². The van der Waals surface area contributed by atoms with Crippen molar-refractivity contribution in [2.75, 3.05) is 7.05 Å². The molecule has 1 rings (SSSR count). The van der Waals surface area contributed by atoms with Gasteiger partial charge in [0.15, 0.2) is 0 Å². The molecule has 1 aromatic carbocycles. The second-order valence-electron chi connectivity index (χ2n) is 2.47. The maximum Gasteiger partial charge on any atom is 0.208 e. The van der Waals surface area contributed by atoms with Crippen molar-refractivity contribution in [3.8, 4) is 0 Å². The van der Waals surface area contributed by atoms with Gasteiger partial charge in [-0.3, -0.25) is 4.79 Å². The van der Waals surface area contributed by atoms with Crippen LogP contribution in [-0.2, 0) is 0 Å². The zero-order valence-electron chi connectivity index (χ0n) is 7.42. The van der Waals surface area contributed by atoms with Gasteiger partial charge in [0.1, 0.15) is 11.6 Å². The highest BCUT2D eigenvalue weighted by atomic mass is 19.1. The number of hydrogen-bond donors (Lipinski definition) is 1. The van der Waals surface area contributed by atoms with Gasteiger partial charge in [0.05, 0.1) is 11.8 Å². The van der Waals surface area contributed by atoms with Gasteiger partial charge in [-0.2, -0.15) is 5.10 Å². The molecule has 0 unspecified atom stereocenters. The molecule has 0 saturated carbocycles. The molecular weight excluding hydrogens is 190 g/mol. The lowest BCUT2D eigenvalue weighted by Crippen LogP contribution is -2.06. The molecule has 0 heterocycles. The molecule has 0 aliphatic rings. The number of hydrazone groups is 1. The van der Waals surface area contributed by atoms with Gasteiger partial charge in [-0.1, -0.05) is 0 Å². The Kier molecular flexibility index (Phi) is 3.28. The summed E-state index contributed by atoms with van der Waals surface area (Å²) in [6.07, 6.45) is 0.927. The number of halogens is 2. The van der Waals surface area contributed by atoms with Crippen LogP contribution in [-0.4, -0.2) is 19.0 Å². The van der Waals surface area contributed by atoms with Crippen molar-refractivity contribution >= 4 is 12.0 Å². The Hall–Kier alpha value is -1.78. The molecule has 0 aromatic heterocycles. The van der Waals surface area contributed by atoms with E-state index in [1.165, 1.54) is 7.05 Å². The Morgan fingerprint density at radius 3 is 2.79 bits per heavy atom. The summed E-state index contributed by atoms with van der Waals surface area (Å²) in [5.74, 6) is -2.22. The summed E-state index contributed by atoms with van der Waals surface area (Å²) in [4.78, 5) is 11.2. The number of nitrogens with zero attached hydrogens (tertiary/aromatic N) is 1. The van der Waals surface area contributed by atoms with Crippen molar-refractivity contribution in [1.82, 2.24) is 5.43 Å². The van der Waals surface area contributed by atoms with Crippen LogP contribution in [0.4, 0.5) is 8.78 Å². The van der Waals surface area contributed by atoms with Gasteiger partial charge < -0.3 is 5.43 Å². The number of benzene rings is 1. The molecular formula is C9H8F2N2O. The van der Waals surface area contributed by atoms with Gasteiger partial charge in [0, 0.05) is 13.1 Å². The predicted octanol–water partition coefficient (Wildman–Crippen LogP) is 1.35. The molecule has 0 bridgehead atoms. The third-order valence-electron chi connectivity index (χ3n) is 1.51. The quantitative estimate of drug-likeness (QED) is 0.452. The summed E-state index contributed by atoms with van der Waals surface area (Å²) >= 11 is 0. The average molecular weight is 198 g/mol. The van der Waals surface area contributed by atoms with Crippen LogP contribution in [0.25, 0.3) is 0 Å². The fourth-order valence-corrected chi connectivity index (χ4v) is 0.882. The van der Waals surface area contributed by atoms with Crippen molar-refractivity contribution in [2.24, 2.45) is 5.10 Å². The fourth-order valence-electron chi connectivity index (χ4n) is 0.882. The second-order valence-corrected chi connectivity index (χ2v) is 2.47. The molecule has 1 N–H and O–H groups in total. The normalized spacial score (nSPS) is 10.5. The molecule has 3 nitrogen and oxygen atoms in total. The number of carbonyl (C=O) groups excluding carboxylic acids is 1. The molecule has 0 saturated heterocycles. The molecule has 14 heavy (non-hydrogen) atoms. The first-order valence-electron chi connectivity index (χ1n) is 3.84. The third kappa shape index (κ3) is 2.35. The summed E-state index contributed by atoms with van der Waals surface area (Å²) in [5, 5.41) is 3.43. The SMILES string of the molecule is CN/N=C/C(=O)c1ccc(F)cc1F. The number of hydrogen-bond acceptors (Lipinski definition) is 3. The summed E-state index contributed by atoms with van der Waals surface area (Å²) < 4.78 is 25.5. The van der Waals surface area contributed by atoms with Crippen LogP contribution >= 0.6 is 0 Å². The topological polar surface area (TPSA) is 41.5 Å². The lowest BCUT2D eigenvalue weighted by molar-refractivity contribution is 0.106. The highest BCUT2D eigenvalue weighted by Crippen LogP contribution is 2.09. The molecule has 0 fully saturated rings. The Balaban J connectivity index is 2.96. The maximum absolute atomic E-state index is 13.0. The molecule has 0 aliphatic carbocycles. The van der Waals surface area contributed by atoms with E-state index in [4.69, 9.17) is 0 Å². The minimum absolute atomic E-state index is 0.203. The summed E-state index contributed by atoms with van der Waals surface area (Å²) in [6.45, 7) is 0. The Bertz CT molecular complexity index is 377. The van der Waals surface area contributed by atoms with E-state index in [2.05, 4.69) is 10.5 Å². The predicted molar refractivity (Wildman–Crippen MR) is 48.2 cm³/mol. The first-order chi connectivity index (χ1) is 6.65. The van der Waals surface area contributed by atoms with Crippen molar-refractivity contribution in [2.45, 2.75) is 0 Å².